The summed E-state index contributed by atoms with van der Waals surface area (Å²) in [5, 5.41) is 0. The normalized spacial score (nSPS) is 14.4. The minimum Gasteiger partial charge on any atom is -0.493 e. The monoisotopic (exact) mass is 399 g/mol. The summed E-state index contributed by atoms with van der Waals surface area (Å²) in [7, 11) is 1.46. The van der Waals surface area contributed by atoms with Gasteiger partial charge in [-0.2, -0.15) is 0 Å². The number of methoxy groups -OCH3 is 1. The zero-order valence-electron chi connectivity index (χ0n) is 15.8. The van der Waals surface area contributed by atoms with Crippen LogP contribution in [-0.4, -0.2) is 38.2 Å². The highest BCUT2D eigenvalue weighted by molar-refractivity contribution is 6.12. The van der Waals surface area contributed by atoms with Gasteiger partial charge in [-0.1, -0.05) is 6.07 Å². The van der Waals surface area contributed by atoms with Gasteiger partial charge in [-0.05, 0) is 55.0 Å². The number of hydrogen-bond acceptors (Lipinski definition) is 7. The average molecular weight is 399 g/mol. The van der Waals surface area contributed by atoms with Gasteiger partial charge < -0.3 is 18.9 Å². The Bertz CT molecular complexity index is 981. The fourth-order valence-corrected chi connectivity index (χ4v) is 2.52. The van der Waals surface area contributed by atoms with Crippen LogP contribution in [0.1, 0.15) is 18.1 Å². The maximum Gasteiger partial charge on any atom is 0.363 e. The van der Waals surface area contributed by atoms with Gasteiger partial charge in [0.1, 0.15) is 5.82 Å². The van der Waals surface area contributed by atoms with Crippen molar-refractivity contribution >= 4 is 23.9 Å². The molecule has 0 radical (unpaired) electrons. The molecule has 2 aromatic rings. The highest BCUT2D eigenvalue weighted by Gasteiger charge is 2.24. The Hall–Kier alpha value is -3.68. The molecule has 0 amide bonds. The van der Waals surface area contributed by atoms with Gasteiger partial charge in [-0.3, -0.25) is 0 Å². The SMILES string of the molecule is CCOC(=O)COc1ccc(/C=C2\N=C(c3ccc(F)cc3)OC2=O)cc1OC. The van der Waals surface area contributed by atoms with Crippen LogP contribution in [0.2, 0.25) is 0 Å². The van der Waals surface area contributed by atoms with Crippen molar-refractivity contribution in [2.75, 3.05) is 20.3 Å². The summed E-state index contributed by atoms with van der Waals surface area (Å²) in [5.74, 6) is -0.678. The summed E-state index contributed by atoms with van der Waals surface area (Å²) >= 11 is 0. The van der Waals surface area contributed by atoms with Crippen molar-refractivity contribution in [2.24, 2.45) is 4.99 Å². The first-order valence-electron chi connectivity index (χ1n) is 8.75. The molecule has 0 fully saturated rings. The quantitative estimate of drug-likeness (QED) is 0.526. The van der Waals surface area contributed by atoms with Gasteiger partial charge in [0.2, 0.25) is 5.90 Å². The second-order valence-electron chi connectivity index (χ2n) is 5.85. The first-order chi connectivity index (χ1) is 14.0. The summed E-state index contributed by atoms with van der Waals surface area (Å²) in [6, 6.07) is 10.4. The van der Waals surface area contributed by atoms with E-state index in [-0.39, 0.29) is 24.8 Å². The molecule has 0 bridgehead atoms. The van der Waals surface area contributed by atoms with E-state index in [2.05, 4.69) is 4.99 Å². The minimum atomic E-state index is -0.620. The van der Waals surface area contributed by atoms with Crippen LogP contribution in [0, 0.1) is 5.82 Å². The third-order valence-corrected chi connectivity index (χ3v) is 3.85. The van der Waals surface area contributed by atoms with Crippen LogP contribution < -0.4 is 9.47 Å². The first kappa shape index (κ1) is 20.1. The van der Waals surface area contributed by atoms with Gasteiger partial charge in [0.25, 0.3) is 0 Å². The number of aliphatic imine (C=N–C) groups is 1. The number of benzene rings is 2. The number of ether oxygens (including phenoxy) is 4. The molecule has 1 aliphatic rings. The molecule has 7 nitrogen and oxygen atoms in total. The van der Waals surface area contributed by atoms with E-state index >= 15 is 0 Å². The van der Waals surface area contributed by atoms with Gasteiger partial charge in [-0.15, -0.1) is 0 Å². The molecule has 0 N–H and O–H groups in total. The van der Waals surface area contributed by atoms with E-state index in [9.17, 15) is 14.0 Å². The van der Waals surface area contributed by atoms with Gasteiger partial charge in [0.05, 0.1) is 13.7 Å². The molecule has 1 heterocycles. The Morgan fingerprint density at radius 1 is 1.17 bits per heavy atom. The fraction of sp³-hybridized carbons (Fsp3) is 0.190. The van der Waals surface area contributed by atoms with Gasteiger partial charge in [-0.25, -0.2) is 19.0 Å². The molecule has 0 spiro atoms. The number of cyclic esters (lactones) is 1. The van der Waals surface area contributed by atoms with Gasteiger partial charge in [0.15, 0.2) is 23.8 Å². The summed E-state index contributed by atoms with van der Waals surface area (Å²) in [4.78, 5) is 27.7. The lowest BCUT2D eigenvalue weighted by atomic mass is 10.1. The average Bonchev–Trinajstić information content (AvgIpc) is 3.08. The maximum atomic E-state index is 13.0. The van der Waals surface area contributed by atoms with Gasteiger partial charge >= 0.3 is 11.9 Å². The number of esters is 2. The molecule has 2 aromatic carbocycles. The summed E-state index contributed by atoms with van der Waals surface area (Å²) in [6.45, 7) is 1.73. The van der Waals surface area contributed by atoms with Crippen LogP contribution in [0.3, 0.4) is 0 Å². The van der Waals surface area contributed by atoms with Crippen LogP contribution >= 0.6 is 0 Å². The van der Waals surface area contributed by atoms with Crippen LogP contribution in [-0.2, 0) is 19.1 Å². The van der Waals surface area contributed by atoms with Crippen LogP contribution in [0.5, 0.6) is 11.5 Å². The molecule has 0 atom stereocenters. The second kappa shape index (κ2) is 9.01. The van der Waals surface area contributed by atoms with Crippen LogP contribution in [0.25, 0.3) is 6.08 Å². The zero-order valence-corrected chi connectivity index (χ0v) is 15.8. The lowest BCUT2D eigenvalue weighted by Gasteiger charge is -2.10. The van der Waals surface area contributed by atoms with E-state index in [1.165, 1.54) is 37.5 Å². The molecule has 29 heavy (non-hydrogen) atoms. The van der Waals surface area contributed by atoms with E-state index in [4.69, 9.17) is 18.9 Å². The van der Waals surface area contributed by atoms with Crippen molar-refractivity contribution in [3.63, 3.8) is 0 Å². The molecular formula is C21H18FNO6. The standard InChI is InChI=1S/C21H18FNO6/c1-3-27-19(24)12-28-17-9-4-13(11-18(17)26-2)10-16-21(25)29-20(23-16)14-5-7-15(22)8-6-14/h4-11H,3,12H2,1-2H3/b16-10-. The minimum absolute atomic E-state index is 0.0894. The highest BCUT2D eigenvalue weighted by Crippen LogP contribution is 2.30. The zero-order chi connectivity index (χ0) is 20.8. The number of nitrogens with zero attached hydrogens (tertiary/aromatic N) is 1. The first-order valence-corrected chi connectivity index (χ1v) is 8.75. The Morgan fingerprint density at radius 3 is 2.62 bits per heavy atom. The Morgan fingerprint density at radius 2 is 1.93 bits per heavy atom. The number of halogens is 1. The molecular weight excluding hydrogens is 381 g/mol. The fourth-order valence-electron chi connectivity index (χ4n) is 2.52. The number of hydrogen-bond donors (Lipinski definition) is 0. The van der Waals surface area contributed by atoms with E-state index < -0.39 is 17.8 Å². The summed E-state index contributed by atoms with van der Waals surface area (Å²) < 4.78 is 33.7. The van der Waals surface area contributed by atoms with E-state index in [1.807, 2.05) is 0 Å². The van der Waals surface area contributed by atoms with Crippen molar-refractivity contribution in [1.29, 1.82) is 0 Å². The summed E-state index contributed by atoms with van der Waals surface area (Å²) in [6.07, 6.45) is 1.52. The maximum absolute atomic E-state index is 13.0. The third-order valence-electron chi connectivity index (χ3n) is 3.85. The van der Waals surface area contributed by atoms with Crippen molar-refractivity contribution < 1.29 is 32.9 Å². The molecule has 0 unspecified atom stereocenters. The molecule has 1 aliphatic heterocycles. The van der Waals surface area contributed by atoms with E-state index in [0.717, 1.165) is 0 Å². The topological polar surface area (TPSA) is 83.4 Å². The molecule has 3 rings (SSSR count). The Balaban J connectivity index is 1.79. The third kappa shape index (κ3) is 4.98. The molecule has 0 saturated heterocycles. The lowest BCUT2D eigenvalue weighted by molar-refractivity contribution is -0.145. The molecule has 0 aromatic heterocycles. The van der Waals surface area contributed by atoms with Crippen LogP contribution in [0.4, 0.5) is 4.39 Å². The summed E-state index contributed by atoms with van der Waals surface area (Å²) in [5.41, 5.74) is 1.19. The molecule has 150 valence electrons. The second-order valence-corrected chi connectivity index (χ2v) is 5.85. The number of carbonyl (C=O) groups excluding carboxylic acids is 2. The molecule has 0 saturated carbocycles. The van der Waals surface area contributed by atoms with Crippen molar-refractivity contribution in [2.45, 2.75) is 6.92 Å². The predicted octanol–water partition coefficient (Wildman–Crippen LogP) is 3.12. The van der Waals surface area contributed by atoms with Crippen molar-refractivity contribution in [3.8, 4) is 11.5 Å². The number of carbonyl (C=O) groups is 2. The smallest absolute Gasteiger partial charge is 0.363 e. The Labute approximate surface area is 166 Å². The Kier molecular flexibility index (Phi) is 6.23. The largest absolute Gasteiger partial charge is 0.493 e. The number of rotatable bonds is 7. The predicted molar refractivity (Wildman–Crippen MR) is 102 cm³/mol. The van der Waals surface area contributed by atoms with Gasteiger partial charge in [0, 0.05) is 5.56 Å². The van der Waals surface area contributed by atoms with E-state index in [0.29, 0.717) is 22.6 Å². The lowest BCUT2D eigenvalue weighted by Crippen LogP contribution is -2.14. The molecule has 0 aliphatic carbocycles. The van der Waals surface area contributed by atoms with Crippen LogP contribution in [0.15, 0.2) is 53.2 Å². The van der Waals surface area contributed by atoms with Crippen molar-refractivity contribution in [3.05, 3.63) is 65.1 Å². The van der Waals surface area contributed by atoms with Crippen molar-refractivity contribution in [1.82, 2.24) is 0 Å². The van der Waals surface area contributed by atoms with E-state index in [1.54, 1.807) is 25.1 Å². The highest BCUT2D eigenvalue weighted by atomic mass is 19.1. The molecule has 8 heteroatoms.